The fourth-order valence-electron chi connectivity index (χ4n) is 2.08. The highest BCUT2D eigenvalue weighted by atomic mass is 16.6. The topological polar surface area (TPSA) is 85.1 Å². The zero-order valence-corrected chi connectivity index (χ0v) is 11.7. The van der Waals surface area contributed by atoms with E-state index in [1.54, 1.807) is 25.4 Å². The predicted octanol–water partition coefficient (Wildman–Crippen LogP) is 2.79. The van der Waals surface area contributed by atoms with Gasteiger partial charge in [-0.1, -0.05) is 6.07 Å². The third kappa shape index (κ3) is 3.22. The Kier molecular flexibility index (Phi) is 4.27. The van der Waals surface area contributed by atoms with Crippen molar-refractivity contribution >= 4 is 11.6 Å². The van der Waals surface area contributed by atoms with Crippen molar-refractivity contribution in [2.45, 2.75) is 19.9 Å². The average molecular weight is 285 g/mol. The largest absolute Gasteiger partial charge is 0.346 e. The molecule has 0 spiro atoms. The van der Waals surface area contributed by atoms with Crippen molar-refractivity contribution in [1.29, 1.82) is 0 Å². The van der Waals surface area contributed by atoms with E-state index in [1.165, 1.54) is 12.1 Å². The fourth-order valence-corrected chi connectivity index (χ4v) is 2.08. The number of rotatable bonds is 4. The molecule has 2 rings (SSSR count). The first-order valence-corrected chi connectivity index (χ1v) is 6.45. The van der Waals surface area contributed by atoms with Crippen LogP contribution in [0, 0.1) is 17.0 Å². The van der Waals surface area contributed by atoms with Gasteiger partial charge in [-0.3, -0.25) is 19.9 Å². The first-order chi connectivity index (χ1) is 10.0. The summed E-state index contributed by atoms with van der Waals surface area (Å²) in [4.78, 5) is 26.6. The summed E-state index contributed by atoms with van der Waals surface area (Å²) in [5.74, 6) is -0.333. The smallest absolute Gasteiger partial charge is 0.273 e. The molecule has 0 fully saturated rings. The monoisotopic (exact) mass is 285 g/mol. The first kappa shape index (κ1) is 14.6. The third-order valence-corrected chi connectivity index (χ3v) is 3.30. The second-order valence-corrected chi connectivity index (χ2v) is 4.68. The SMILES string of the molecule is Cc1c(C(=O)NC(C)c2ccncc2)cccc1[N+](=O)[O-]. The lowest BCUT2D eigenvalue weighted by Crippen LogP contribution is -2.27. The van der Waals surface area contributed by atoms with E-state index in [2.05, 4.69) is 10.3 Å². The minimum absolute atomic E-state index is 0.0563. The van der Waals surface area contributed by atoms with Gasteiger partial charge in [-0.05, 0) is 37.6 Å². The van der Waals surface area contributed by atoms with Crippen LogP contribution in [-0.4, -0.2) is 15.8 Å². The van der Waals surface area contributed by atoms with E-state index in [1.807, 2.05) is 19.1 Å². The number of hydrogen-bond acceptors (Lipinski definition) is 4. The molecule has 1 N–H and O–H groups in total. The maximum absolute atomic E-state index is 12.3. The molecular weight excluding hydrogens is 270 g/mol. The lowest BCUT2D eigenvalue weighted by molar-refractivity contribution is -0.385. The molecule has 0 bridgehead atoms. The normalized spacial score (nSPS) is 11.7. The highest BCUT2D eigenvalue weighted by Crippen LogP contribution is 2.21. The van der Waals surface area contributed by atoms with Gasteiger partial charge in [-0.25, -0.2) is 0 Å². The van der Waals surface area contributed by atoms with Gasteiger partial charge < -0.3 is 5.32 Å². The van der Waals surface area contributed by atoms with Crippen molar-refractivity contribution in [3.05, 3.63) is 69.5 Å². The maximum Gasteiger partial charge on any atom is 0.273 e. The Hall–Kier alpha value is -2.76. The maximum atomic E-state index is 12.3. The highest BCUT2D eigenvalue weighted by Gasteiger charge is 2.19. The number of nitrogens with zero attached hydrogens (tertiary/aromatic N) is 2. The Morgan fingerprint density at radius 1 is 1.29 bits per heavy atom. The number of nitro benzene ring substituents is 1. The molecule has 1 amide bonds. The summed E-state index contributed by atoms with van der Waals surface area (Å²) in [7, 11) is 0. The Labute approximate surface area is 122 Å². The molecule has 2 aromatic rings. The molecule has 0 radical (unpaired) electrons. The van der Waals surface area contributed by atoms with E-state index in [0.29, 0.717) is 11.1 Å². The van der Waals surface area contributed by atoms with Gasteiger partial charge in [-0.2, -0.15) is 0 Å². The second-order valence-electron chi connectivity index (χ2n) is 4.68. The Morgan fingerprint density at radius 2 is 1.95 bits per heavy atom. The number of pyridine rings is 1. The van der Waals surface area contributed by atoms with Crippen molar-refractivity contribution in [3.63, 3.8) is 0 Å². The first-order valence-electron chi connectivity index (χ1n) is 6.45. The van der Waals surface area contributed by atoms with Gasteiger partial charge in [0.05, 0.1) is 11.0 Å². The number of amides is 1. The van der Waals surface area contributed by atoms with Crippen molar-refractivity contribution in [1.82, 2.24) is 10.3 Å². The van der Waals surface area contributed by atoms with Gasteiger partial charge in [0.1, 0.15) is 0 Å². The van der Waals surface area contributed by atoms with Gasteiger partial charge in [0.2, 0.25) is 0 Å². The van der Waals surface area contributed by atoms with E-state index in [0.717, 1.165) is 5.56 Å². The minimum atomic E-state index is -0.488. The lowest BCUT2D eigenvalue weighted by atomic mass is 10.0. The molecule has 21 heavy (non-hydrogen) atoms. The average Bonchev–Trinajstić information content (AvgIpc) is 2.47. The van der Waals surface area contributed by atoms with Crippen LogP contribution in [0.1, 0.15) is 34.5 Å². The van der Waals surface area contributed by atoms with Crippen LogP contribution >= 0.6 is 0 Å². The quantitative estimate of drug-likeness (QED) is 0.691. The number of hydrogen-bond donors (Lipinski definition) is 1. The summed E-state index contributed by atoms with van der Waals surface area (Å²) in [6.07, 6.45) is 3.30. The van der Waals surface area contributed by atoms with Gasteiger partial charge >= 0.3 is 0 Å². The van der Waals surface area contributed by atoms with Crippen LogP contribution in [0.25, 0.3) is 0 Å². The zero-order valence-electron chi connectivity index (χ0n) is 11.7. The summed E-state index contributed by atoms with van der Waals surface area (Å²) >= 11 is 0. The summed E-state index contributed by atoms with van der Waals surface area (Å²) in [6, 6.07) is 7.89. The molecule has 1 atom stereocenters. The predicted molar refractivity (Wildman–Crippen MR) is 78.0 cm³/mol. The summed E-state index contributed by atoms with van der Waals surface area (Å²) in [6.45, 7) is 3.42. The molecule has 1 aromatic heterocycles. The fraction of sp³-hybridized carbons (Fsp3) is 0.200. The Morgan fingerprint density at radius 3 is 2.57 bits per heavy atom. The van der Waals surface area contributed by atoms with Crippen molar-refractivity contribution < 1.29 is 9.72 Å². The van der Waals surface area contributed by atoms with Crippen LogP contribution in [0.15, 0.2) is 42.7 Å². The minimum Gasteiger partial charge on any atom is -0.346 e. The van der Waals surface area contributed by atoms with Crippen LogP contribution in [0.5, 0.6) is 0 Å². The molecule has 0 saturated heterocycles. The molecule has 108 valence electrons. The van der Waals surface area contributed by atoms with Gasteiger partial charge in [0.15, 0.2) is 0 Å². The van der Waals surface area contributed by atoms with E-state index >= 15 is 0 Å². The molecule has 1 unspecified atom stereocenters. The number of benzene rings is 1. The van der Waals surface area contributed by atoms with Crippen LogP contribution in [-0.2, 0) is 0 Å². The molecular formula is C15H15N3O3. The molecule has 0 aliphatic heterocycles. The van der Waals surface area contributed by atoms with Gasteiger partial charge in [-0.15, -0.1) is 0 Å². The van der Waals surface area contributed by atoms with Gasteiger partial charge in [0.25, 0.3) is 11.6 Å². The number of carbonyl (C=O) groups is 1. The summed E-state index contributed by atoms with van der Waals surface area (Å²) in [5, 5.41) is 13.7. The Bertz CT molecular complexity index is 671. The summed E-state index contributed by atoms with van der Waals surface area (Å²) in [5.41, 5.74) is 1.53. The number of aromatic nitrogens is 1. The molecule has 6 nitrogen and oxygen atoms in total. The third-order valence-electron chi connectivity index (χ3n) is 3.30. The van der Waals surface area contributed by atoms with Crippen LogP contribution in [0.4, 0.5) is 5.69 Å². The van der Waals surface area contributed by atoms with E-state index in [-0.39, 0.29) is 17.6 Å². The van der Waals surface area contributed by atoms with Gasteiger partial charge in [0, 0.05) is 29.6 Å². The van der Waals surface area contributed by atoms with Crippen molar-refractivity contribution in [3.8, 4) is 0 Å². The molecule has 0 aliphatic rings. The standard InChI is InChI=1S/C15H15N3O3/c1-10-13(4-3-5-14(10)18(20)21)15(19)17-11(2)12-6-8-16-9-7-12/h3-9,11H,1-2H3,(H,17,19). The highest BCUT2D eigenvalue weighted by molar-refractivity contribution is 5.96. The molecule has 0 aliphatic carbocycles. The number of nitrogens with one attached hydrogen (secondary N) is 1. The lowest BCUT2D eigenvalue weighted by Gasteiger charge is -2.15. The molecule has 1 aromatic carbocycles. The zero-order chi connectivity index (χ0) is 15.4. The van der Waals surface area contributed by atoms with Crippen LogP contribution < -0.4 is 5.32 Å². The van der Waals surface area contributed by atoms with E-state index in [9.17, 15) is 14.9 Å². The number of nitro groups is 1. The van der Waals surface area contributed by atoms with Crippen molar-refractivity contribution in [2.75, 3.05) is 0 Å². The molecule has 6 heteroatoms. The Balaban J connectivity index is 2.22. The molecule has 0 saturated carbocycles. The van der Waals surface area contributed by atoms with E-state index < -0.39 is 4.92 Å². The van der Waals surface area contributed by atoms with Crippen molar-refractivity contribution in [2.24, 2.45) is 0 Å². The molecule has 1 heterocycles. The van der Waals surface area contributed by atoms with E-state index in [4.69, 9.17) is 0 Å². The van der Waals surface area contributed by atoms with Crippen LogP contribution in [0.3, 0.4) is 0 Å². The van der Waals surface area contributed by atoms with Crippen LogP contribution in [0.2, 0.25) is 0 Å². The number of carbonyl (C=O) groups excluding carboxylic acids is 1. The second kappa shape index (κ2) is 6.13. The summed E-state index contributed by atoms with van der Waals surface area (Å²) < 4.78 is 0.